The number of nitrogens with zero attached hydrogens (tertiary/aromatic N) is 1. The number of hydrogen-bond donors (Lipinski definition) is 1. The Labute approximate surface area is 133 Å². The minimum atomic E-state index is -4.47. The van der Waals surface area contributed by atoms with Gasteiger partial charge in [0.2, 0.25) is 5.91 Å². The SMILES string of the molecule is CCCCCOc1ccc([C@H](N2CCC(=O)N2)C(F)(F)F)cc1. The van der Waals surface area contributed by atoms with E-state index in [0.29, 0.717) is 12.4 Å². The Kier molecular flexibility index (Phi) is 5.87. The van der Waals surface area contributed by atoms with Gasteiger partial charge < -0.3 is 4.74 Å². The molecule has 4 nitrogen and oxygen atoms in total. The van der Waals surface area contributed by atoms with Crippen molar-refractivity contribution in [3.8, 4) is 5.75 Å². The topological polar surface area (TPSA) is 41.6 Å². The van der Waals surface area contributed by atoms with Gasteiger partial charge in [0, 0.05) is 13.0 Å². The number of halogens is 3. The van der Waals surface area contributed by atoms with E-state index in [9.17, 15) is 18.0 Å². The highest BCUT2D eigenvalue weighted by Crippen LogP contribution is 2.38. The first kappa shape index (κ1) is 17.6. The summed E-state index contributed by atoms with van der Waals surface area (Å²) in [6.45, 7) is 2.68. The minimum Gasteiger partial charge on any atom is -0.494 e. The molecule has 2 rings (SSSR count). The van der Waals surface area contributed by atoms with Gasteiger partial charge in [-0.25, -0.2) is 5.01 Å². The van der Waals surface area contributed by atoms with Gasteiger partial charge in [0.1, 0.15) is 11.8 Å². The van der Waals surface area contributed by atoms with Crippen molar-refractivity contribution in [3.63, 3.8) is 0 Å². The Morgan fingerprint density at radius 1 is 1.26 bits per heavy atom. The quantitative estimate of drug-likeness (QED) is 0.777. The molecule has 0 unspecified atom stereocenters. The minimum absolute atomic E-state index is 0.0400. The van der Waals surface area contributed by atoms with Crippen molar-refractivity contribution in [2.24, 2.45) is 0 Å². The molecule has 128 valence electrons. The van der Waals surface area contributed by atoms with Crippen LogP contribution < -0.4 is 10.2 Å². The molecule has 0 aliphatic carbocycles. The van der Waals surface area contributed by atoms with Crippen LogP contribution >= 0.6 is 0 Å². The van der Waals surface area contributed by atoms with Crippen molar-refractivity contribution in [1.82, 2.24) is 10.4 Å². The fourth-order valence-electron chi connectivity index (χ4n) is 2.52. The third-order valence-corrected chi connectivity index (χ3v) is 3.68. The molecule has 1 fully saturated rings. The fraction of sp³-hybridized carbons (Fsp3) is 0.562. The van der Waals surface area contributed by atoms with Crippen molar-refractivity contribution in [3.05, 3.63) is 29.8 Å². The van der Waals surface area contributed by atoms with E-state index in [1.165, 1.54) is 24.3 Å². The largest absolute Gasteiger partial charge is 0.494 e. The van der Waals surface area contributed by atoms with Crippen LogP contribution in [0.5, 0.6) is 5.75 Å². The van der Waals surface area contributed by atoms with Crippen LogP contribution in [0, 0.1) is 0 Å². The van der Waals surface area contributed by atoms with E-state index in [2.05, 4.69) is 12.3 Å². The molecule has 1 heterocycles. The lowest BCUT2D eigenvalue weighted by molar-refractivity contribution is -0.191. The monoisotopic (exact) mass is 330 g/mol. The molecule has 1 aromatic carbocycles. The molecule has 1 amide bonds. The lowest BCUT2D eigenvalue weighted by Gasteiger charge is -2.29. The zero-order valence-electron chi connectivity index (χ0n) is 13.0. The van der Waals surface area contributed by atoms with Crippen LogP contribution in [0.25, 0.3) is 0 Å². The van der Waals surface area contributed by atoms with Crippen LogP contribution in [-0.2, 0) is 4.79 Å². The molecular weight excluding hydrogens is 309 g/mol. The Balaban J connectivity index is 2.06. The van der Waals surface area contributed by atoms with Gasteiger partial charge in [-0.1, -0.05) is 31.9 Å². The second-order valence-corrected chi connectivity index (χ2v) is 5.55. The number of hydrazine groups is 1. The van der Waals surface area contributed by atoms with Gasteiger partial charge in [0.15, 0.2) is 0 Å². The van der Waals surface area contributed by atoms with Gasteiger partial charge in [-0.2, -0.15) is 13.2 Å². The van der Waals surface area contributed by atoms with Gasteiger partial charge in [-0.3, -0.25) is 10.2 Å². The van der Waals surface area contributed by atoms with E-state index in [0.717, 1.165) is 24.3 Å². The third-order valence-electron chi connectivity index (χ3n) is 3.68. The molecule has 0 bridgehead atoms. The zero-order chi connectivity index (χ0) is 16.9. The second kappa shape index (κ2) is 7.68. The highest BCUT2D eigenvalue weighted by Gasteiger charge is 2.46. The van der Waals surface area contributed by atoms with E-state index in [1.54, 1.807) is 0 Å². The van der Waals surface area contributed by atoms with Gasteiger partial charge in [-0.05, 0) is 24.1 Å². The van der Waals surface area contributed by atoms with E-state index in [-0.39, 0.29) is 18.5 Å². The van der Waals surface area contributed by atoms with Crippen LogP contribution in [0.2, 0.25) is 0 Å². The standard InChI is InChI=1S/C16H21F3N2O2/c1-2-3-4-11-23-13-7-5-12(6-8-13)15(16(17,18)19)21-10-9-14(22)20-21/h5-8,15H,2-4,9-11H2,1H3,(H,20,22)/t15-/m0/s1. The summed E-state index contributed by atoms with van der Waals surface area (Å²) in [6, 6.07) is 4.04. The summed E-state index contributed by atoms with van der Waals surface area (Å²) in [7, 11) is 0. The number of carbonyl (C=O) groups is 1. The average molecular weight is 330 g/mol. The first-order valence-electron chi connectivity index (χ1n) is 7.77. The highest BCUT2D eigenvalue weighted by molar-refractivity contribution is 5.77. The van der Waals surface area contributed by atoms with Gasteiger partial charge in [-0.15, -0.1) is 0 Å². The lowest BCUT2D eigenvalue weighted by Crippen LogP contribution is -2.43. The number of alkyl halides is 3. The number of amides is 1. The van der Waals surface area contributed by atoms with Gasteiger partial charge >= 0.3 is 6.18 Å². The van der Waals surface area contributed by atoms with E-state index < -0.39 is 18.1 Å². The van der Waals surface area contributed by atoms with Crippen molar-refractivity contribution >= 4 is 5.91 Å². The molecule has 1 aliphatic rings. The predicted molar refractivity (Wildman–Crippen MR) is 79.7 cm³/mol. The molecule has 7 heteroatoms. The summed E-state index contributed by atoms with van der Waals surface area (Å²) in [4.78, 5) is 11.2. The second-order valence-electron chi connectivity index (χ2n) is 5.55. The summed E-state index contributed by atoms with van der Waals surface area (Å²) >= 11 is 0. The normalized spacial score (nSPS) is 17.1. The molecule has 1 saturated heterocycles. The van der Waals surface area contributed by atoms with Gasteiger partial charge in [0.25, 0.3) is 0 Å². The summed E-state index contributed by atoms with van der Waals surface area (Å²) in [5.41, 5.74) is 2.35. The van der Waals surface area contributed by atoms with Crippen LogP contribution in [-0.4, -0.2) is 30.2 Å². The average Bonchev–Trinajstić information content (AvgIpc) is 2.90. The number of ether oxygens (including phenoxy) is 1. The Bertz CT molecular complexity index is 517. The Hall–Kier alpha value is -1.76. The number of carbonyl (C=O) groups excluding carboxylic acids is 1. The van der Waals surface area contributed by atoms with Crippen molar-refractivity contribution in [2.45, 2.75) is 44.8 Å². The number of nitrogens with one attached hydrogen (secondary N) is 1. The summed E-state index contributed by atoms with van der Waals surface area (Å²) in [5, 5.41) is 0.944. The molecule has 0 radical (unpaired) electrons. The van der Waals surface area contributed by atoms with Crippen molar-refractivity contribution in [1.29, 1.82) is 0 Å². The molecular formula is C16H21F3N2O2. The first-order valence-corrected chi connectivity index (χ1v) is 7.77. The maximum atomic E-state index is 13.3. The lowest BCUT2D eigenvalue weighted by atomic mass is 10.1. The fourth-order valence-corrected chi connectivity index (χ4v) is 2.52. The smallest absolute Gasteiger partial charge is 0.409 e. The summed E-state index contributed by atoms with van der Waals surface area (Å²) in [6.07, 6.45) is -1.34. The van der Waals surface area contributed by atoms with Crippen molar-refractivity contribution < 1.29 is 22.7 Å². The van der Waals surface area contributed by atoms with E-state index in [4.69, 9.17) is 4.74 Å². The highest BCUT2D eigenvalue weighted by atomic mass is 19.4. The zero-order valence-corrected chi connectivity index (χ0v) is 13.0. The molecule has 1 aromatic rings. The van der Waals surface area contributed by atoms with Gasteiger partial charge in [0.05, 0.1) is 6.61 Å². The molecule has 1 aliphatic heterocycles. The van der Waals surface area contributed by atoms with E-state index in [1.807, 2.05) is 0 Å². The molecule has 1 atom stereocenters. The van der Waals surface area contributed by atoms with E-state index >= 15 is 0 Å². The predicted octanol–water partition coefficient (Wildman–Crippen LogP) is 3.60. The summed E-state index contributed by atoms with van der Waals surface area (Å²) in [5.74, 6) is 0.159. The molecule has 0 spiro atoms. The third kappa shape index (κ3) is 4.86. The maximum absolute atomic E-state index is 13.3. The van der Waals surface area contributed by atoms with Crippen LogP contribution in [0.3, 0.4) is 0 Å². The molecule has 23 heavy (non-hydrogen) atoms. The number of benzene rings is 1. The molecule has 0 saturated carbocycles. The first-order chi connectivity index (χ1) is 10.9. The number of rotatable bonds is 7. The van der Waals surface area contributed by atoms with Crippen molar-refractivity contribution in [2.75, 3.05) is 13.2 Å². The Morgan fingerprint density at radius 3 is 2.48 bits per heavy atom. The Morgan fingerprint density at radius 2 is 1.96 bits per heavy atom. The number of unbranched alkanes of at least 4 members (excludes halogenated alkanes) is 2. The molecule has 0 aromatic heterocycles. The molecule has 1 N–H and O–H groups in total. The van der Waals surface area contributed by atoms with Crippen LogP contribution in [0.4, 0.5) is 13.2 Å². The maximum Gasteiger partial charge on any atom is 0.409 e. The van der Waals surface area contributed by atoms with Crippen LogP contribution in [0.15, 0.2) is 24.3 Å². The van der Waals surface area contributed by atoms with Crippen LogP contribution in [0.1, 0.15) is 44.2 Å². The summed E-state index contributed by atoms with van der Waals surface area (Å²) < 4.78 is 45.6. The number of hydrogen-bond acceptors (Lipinski definition) is 3.